The molecule has 0 amide bonds. The molecule has 0 saturated carbocycles. The quantitative estimate of drug-likeness (QED) is 0.706. The van der Waals surface area contributed by atoms with Crippen LogP contribution in [-0.4, -0.2) is 18.6 Å². The summed E-state index contributed by atoms with van der Waals surface area (Å²) in [4.78, 5) is 0. The van der Waals surface area contributed by atoms with E-state index in [4.69, 9.17) is 5.26 Å². The number of halogens is 1. The number of unbranched alkanes of at least 4 members (excludes halogenated alkanes) is 3. The van der Waals surface area contributed by atoms with E-state index < -0.39 is 0 Å². The lowest BCUT2D eigenvalue weighted by Crippen LogP contribution is -2.01. The molecule has 98 valence electrons. The summed E-state index contributed by atoms with van der Waals surface area (Å²) in [7, 11) is 0. The van der Waals surface area contributed by atoms with Crippen LogP contribution in [0, 0.1) is 11.3 Å². The van der Waals surface area contributed by atoms with Gasteiger partial charge in [-0.2, -0.15) is 17.0 Å². The van der Waals surface area contributed by atoms with Gasteiger partial charge in [0.05, 0.1) is 5.56 Å². The predicted octanol–water partition coefficient (Wildman–Crippen LogP) is 4.66. The van der Waals surface area contributed by atoms with Crippen LogP contribution in [0.5, 0.6) is 0 Å². The summed E-state index contributed by atoms with van der Waals surface area (Å²) in [6.45, 7) is 0.998. The Morgan fingerprint density at radius 3 is 2.72 bits per heavy atom. The minimum absolute atomic E-state index is 0.678. The normalized spacial score (nSPS) is 10.1. The minimum Gasteiger partial charge on any atom is -0.385 e. The maximum atomic E-state index is 8.82. The summed E-state index contributed by atoms with van der Waals surface area (Å²) in [5.74, 6) is 1.27. The maximum Gasteiger partial charge on any atom is 0.100 e. The summed E-state index contributed by atoms with van der Waals surface area (Å²) in [5, 5.41) is 12.2. The highest BCUT2D eigenvalue weighted by atomic mass is 79.9. The third kappa shape index (κ3) is 5.79. The Labute approximate surface area is 122 Å². The van der Waals surface area contributed by atoms with Crippen LogP contribution in [0.25, 0.3) is 0 Å². The predicted molar refractivity (Wildman–Crippen MR) is 84.2 cm³/mol. The standard InChI is InChI=1S/C14H19BrN2S/c1-18-9-5-3-2-4-8-17-13-7-6-12(11-16)14(15)10-13/h6-7,10,17H,2-5,8-9H2,1H3. The van der Waals surface area contributed by atoms with Crippen LogP contribution < -0.4 is 5.32 Å². The highest BCUT2D eigenvalue weighted by Gasteiger charge is 1.99. The highest BCUT2D eigenvalue weighted by molar-refractivity contribution is 9.10. The van der Waals surface area contributed by atoms with Gasteiger partial charge in [0.25, 0.3) is 0 Å². The molecule has 0 saturated heterocycles. The van der Waals surface area contributed by atoms with Gasteiger partial charge < -0.3 is 5.32 Å². The minimum atomic E-state index is 0.678. The van der Waals surface area contributed by atoms with Crippen LogP contribution in [0.1, 0.15) is 31.2 Å². The molecule has 0 radical (unpaired) electrons. The number of benzene rings is 1. The number of thioether (sulfide) groups is 1. The van der Waals surface area contributed by atoms with Crippen molar-refractivity contribution in [3.63, 3.8) is 0 Å². The monoisotopic (exact) mass is 326 g/mol. The van der Waals surface area contributed by atoms with Gasteiger partial charge in [-0.05, 0) is 59.0 Å². The van der Waals surface area contributed by atoms with Gasteiger partial charge in [0.1, 0.15) is 6.07 Å². The van der Waals surface area contributed by atoms with E-state index in [0.29, 0.717) is 5.56 Å². The van der Waals surface area contributed by atoms with Crippen molar-refractivity contribution in [3.8, 4) is 6.07 Å². The van der Waals surface area contributed by atoms with Gasteiger partial charge in [-0.3, -0.25) is 0 Å². The van der Waals surface area contributed by atoms with E-state index >= 15 is 0 Å². The molecule has 18 heavy (non-hydrogen) atoms. The number of hydrogen-bond acceptors (Lipinski definition) is 3. The molecule has 0 bridgehead atoms. The van der Waals surface area contributed by atoms with Crippen molar-refractivity contribution >= 4 is 33.4 Å². The SMILES string of the molecule is CSCCCCCCNc1ccc(C#N)c(Br)c1. The van der Waals surface area contributed by atoms with Crippen molar-refractivity contribution in [2.45, 2.75) is 25.7 Å². The van der Waals surface area contributed by atoms with Gasteiger partial charge in [0, 0.05) is 16.7 Å². The fourth-order valence-corrected chi connectivity index (χ4v) is 2.63. The second-order valence-corrected chi connectivity index (χ2v) is 5.98. The number of hydrogen-bond donors (Lipinski definition) is 1. The van der Waals surface area contributed by atoms with E-state index in [2.05, 4.69) is 33.6 Å². The van der Waals surface area contributed by atoms with E-state index in [9.17, 15) is 0 Å². The molecule has 0 heterocycles. The molecule has 0 spiro atoms. The Morgan fingerprint density at radius 2 is 2.06 bits per heavy atom. The average Bonchev–Trinajstić information content (AvgIpc) is 2.38. The molecule has 4 heteroatoms. The van der Waals surface area contributed by atoms with Crippen LogP contribution in [0.4, 0.5) is 5.69 Å². The fraction of sp³-hybridized carbons (Fsp3) is 0.500. The van der Waals surface area contributed by atoms with Crippen LogP contribution in [0.2, 0.25) is 0 Å². The lowest BCUT2D eigenvalue weighted by Gasteiger charge is -2.07. The van der Waals surface area contributed by atoms with Crippen molar-refractivity contribution in [2.75, 3.05) is 23.9 Å². The molecule has 1 rings (SSSR count). The molecular weight excluding hydrogens is 308 g/mol. The van der Waals surface area contributed by atoms with Crippen LogP contribution >= 0.6 is 27.7 Å². The molecule has 0 unspecified atom stereocenters. The first-order chi connectivity index (χ1) is 8.77. The molecule has 1 N–H and O–H groups in total. The Bertz CT molecular complexity index is 401. The van der Waals surface area contributed by atoms with E-state index in [0.717, 1.165) is 16.7 Å². The zero-order valence-corrected chi connectivity index (χ0v) is 13.1. The van der Waals surface area contributed by atoms with E-state index in [-0.39, 0.29) is 0 Å². The average molecular weight is 327 g/mol. The maximum absolute atomic E-state index is 8.82. The molecule has 0 aliphatic heterocycles. The summed E-state index contributed by atoms with van der Waals surface area (Å²) in [6.07, 6.45) is 7.28. The Morgan fingerprint density at radius 1 is 1.28 bits per heavy atom. The molecule has 1 aromatic rings. The van der Waals surface area contributed by atoms with Crippen LogP contribution in [-0.2, 0) is 0 Å². The molecular formula is C14H19BrN2S. The summed E-state index contributed by atoms with van der Waals surface area (Å²) in [5.41, 5.74) is 1.75. The lowest BCUT2D eigenvalue weighted by atomic mass is 10.2. The lowest BCUT2D eigenvalue weighted by molar-refractivity contribution is 0.689. The van der Waals surface area contributed by atoms with E-state index in [1.165, 1.54) is 31.4 Å². The third-order valence-electron chi connectivity index (χ3n) is 2.69. The molecule has 0 aliphatic rings. The Balaban J connectivity index is 2.20. The molecule has 0 atom stereocenters. The van der Waals surface area contributed by atoms with Crippen molar-refractivity contribution in [1.29, 1.82) is 5.26 Å². The largest absolute Gasteiger partial charge is 0.385 e. The van der Waals surface area contributed by atoms with Crippen LogP contribution in [0.3, 0.4) is 0 Å². The van der Waals surface area contributed by atoms with Gasteiger partial charge >= 0.3 is 0 Å². The second kappa shape index (κ2) is 9.29. The van der Waals surface area contributed by atoms with Crippen molar-refractivity contribution in [1.82, 2.24) is 0 Å². The first-order valence-electron chi connectivity index (χ1n) is 6.20. The van der Waals surface area contributed by atoms with E-state index in [1.807, 2.05) is 30.0 Å². The molecule has 2 nitrogen and oxygen atoms in total. The zero-order chi connectivity index (χ0) is 13.2. The number of rotatable bonds is 8. The molecule has 1 aromatic carbocycles. The molecule has 0 aliphatic carbocycles. The summed E-state index contributed by atoms with van der Waals surface area (Å²) in [6, 6.07) is 7.90. The van der Waals surface area contributed by atoms with Gasteiger partial charge in [-0.25, -0.2) is 0 Å². The van der Waals surface area contributed by atoms with Crippen molar-refractivity contribution in [2.24, 2.45) is 0 Å². The van der Waals surface area contributed by atoms with Gasteiger partial charge in [0.2, 0.25) is 0 Å². The third-order valence-corrected chi connectivity index (χ3v) is 4.05. The zero-order valence-electron chi connectivity index (χ0n) is 10.7. The Hall–Kier alpha value is -0.660. The van der Waals surface area contributed by atoms with Gasteiger partial charge in [-0.1, -0.05) is 12.8 Å². The number of nitriles is 1. The smallest absolute Gasteiger partial charge is 0.100 e. The topological polar surface area (TPSA) is 35.8 Å². The fourth-order valence-electron chi connectivity index (χ4n) is 1.67. The number of anilines is 1. The highest BCUT2D eigenvalue weighted by Crippen LogP contribution is 2.20. The van der Waals surface area contributed by atoms with Gasteiger partial charge in [-0.15, -0.1) is 0 Å². The molecule has 0 aromatic heterocycles. The van der Waals surface area contributed by atoms with Crippen molar-refractivity contribution < 1.29 is 0 Å². The summed E-state index contributed by atoms with van der Waals surface area (Å²) < 4.78 is 0.856. The number of nitrogens with zero attached hydrogens (tertiary/aromatic N) is 1. The first-order valence-corrected chi connectivity index (χ1v) is 8.39. The van der Waals surface area contributed by atoms with Gasteiger partial charge in [0.15, 0.2) is 0 Å². The first kappa shape index (κ1) is 15.4. The Kier molecular flexibility index (Phi) is 7.95. The second-order valence-electron chi connectivity index (χ2n) is 4.14. The number of nitrogens with one attached hydrogen (secondary N) is 1. The van der Waals surface area contributed by atoms with Crippen molar-refractivity contribution in [3.05, 3.63) is 28.2 Å². The summed E-state index contributed by atoms with van der Waals surface area (Å²) >= 11 is 5.31. The van der Waals surface area contributed by atoms with Crippen LogP contribution in [0.15, 0.2) is 22.7 Å². The van der Waals surface area contributed by atoms with E-state index in [1.54, 1.807) is 0 Å². The molecule has 0 fully saturated rings.